The van der Waals surface area contributed by atoms with Crippen LogP contribution in [0.2, 0.25) is 5.02 Å². The van der Waals surface area contributed by atoms with Gasteiger partial charge in [-0.05, 0) is 29.8 Å². The fraction of sp³-hybridized carbons (Fsp3) is 0.133. The fourth-order valence-corrected chi connectivity index (χ4v) is 1.95. The lowest BCUT2D eigenvalue weighted by atomic mass is 10.1. The van der Waals surface area contributed by atoms with Crippen molar-refractivity contribution in [3.63, 3.8) is 0 Å². The number of ketones is 1. The van der Waals surface area contributed by atoms with Gasteiger partial charge in [-0.1, -0.05) is 51.8 Å². The van der Waals surface area contributed by atoms with Crippen molar-refractivity contribution in [3.8, 4) is 0 Å². The van der Waals surface area contributed by atoms with Crippen LogP contribution in [-0.2, 0) is 11.3 Å². The third-order valence-electron chi connectivity index (χ3n) is 2.58. The van der Waals surface area contributed by atoms with E-state index in [1.807, 2.05) is 24.3 Å². The van der Waals surface area contributed by atoms with Crippen LogP contribution in [0.4, 0.5) is 0 Å². The van der Waals surface area contributed by atoms with Gasteiger partial charge in [-0.2, -0.15) is 0 Å². The maximum atomic E-state index is 11.8. The lowest BCUT2D eigenvalue weighted by Gasteiger charge is -2.04. The maximum Gasteiger partial charge on any atom is 0.188 e. The Morgan fingerprint density at radius 3 is 2.32 bits per heavy atom. The molecule has 0 heterocycles. The van der Waals surface area contributed by atoms with Crippen molar-refractivity contribution in [1.82, 2.24) is 0 Å². The van der Waals surface area contributed by atoms with Crippen LogP contribution >= 0.6 is 27.5 Å². The molecule has 98 valence electrons. The van der Waals surface area contributed by atoms with E-state index in [-0.39, 0.29) is 12.4 Å². The fourth-order valence-electron chi connectivity index (χ4n) is 1.56. The maximum absolute atomic E-state index is 11.8. The number of carbonyl (C=O) groups excluding carboxylic acids is 1. The number of rotatable bonds is 5. The number of carbonyl (C=O) groups is 1. The van der Waals surface area contributed by atoms with Gasteiger partial charge in [0.1, 0.15) is 6.61 Å². The Morgan fingerprint density at radius 2 is 1.68 bits per heavy atom. The van der Waals surface area contributed by atoms with E-state index in [2.05, 4.69) is 15.9 Å². The normalized spacial score (nSPS) is 10.4. The summed E-state index contributed by atoms with van der Waals surface area (Å²) < 4.78 is 6.35. The smallest absolute Gasteiger partial charge is 0.188 e. The highest BCUT2D eigenvalue weighted by Crippen LogP contribution is 2.12. The number of hydrogen-bond donors (Lipinski definition) is 0. The first-order chi connectivity index (χ1) is 9.15. The summed E-state index contributed by atoms with van der Waals surface area (Å²) in [5.41, 5.74) is 1.65. The zero-order valence-corrected chi connectivity index (χ0v) is 12.4. The lowest BCUT2D eigenvalue weighted by molar-refractivity contribution is 0.0726. The molecule has 0 aliphatic heterocycles. The van der Waals surface area contributed by atoms with Gasteiger partial charge in [-0.15, -0.1) is 0 Å². The molecule has 0 spiro atoms. The highest BCUT2D eigenvalue weighted by molar-refractivity contribution is 9.10. The quantitative estimate of drug-likeness (QED) is 0.750. The zero-order valence-electron chi connectivity index (χ0n) is 10.1. The molecule has 0 amide bonds. The second kappa shape index (κ2) is 6.85. The summed E-state index contributed by atoms with van der Waals surface area (Å²) in [5, 5.41) is 0.690. The highest BCUT2D eigenvalue weighted by atomic mass is 79.9. The molecule has 19 heavy (non-hydrogen) atoms. The average Bonchev–Trinajstić information content (AvgIpc) is 2.41. The van der Waals surface area contributed by atoms with E-state index in [9.17, 15) is 4.79 Å². The predicted molar refractivity (Wildman–Crippen MR) is 79.6 cm³/mol. The molecule has 0 atom stereocenters. The Balaban J connectivity index is 1.84. The second-order valence-corrected chi connectivity index (χ2v) is 5.40. The number of Topliss-reactive ketones (excluding diaryl/α,β-unsaturated/α-hetero) is 1. The molecule has 2 aromatic rings. The molecule has 0 fully saturated rings. The van der Waals surface area contributed by atoms with E-state index in [0.717, 1.165) is 10.0 Å². The number of ether oxygens (including phenoxy) is 1. The number of hydrogen-bond acceptors (Lipinski definition) is 2. The van der Waals surface area contributed by atoms with Crippen molar-refractivity contribution in [1.29, 1.82) is 0 Å². The zero-order chi connectivity index (χ0) is 13.7. The van der Waals surface area contributed by atoms with Crippen LogP contribution in [0, 0.1) is 0 Å². The molecule has 0 radical (unpaired) electrons. The summed E-state index contributed by atoms with van der Waals surface area (Å²) in [4.78, 5) is 11.8. The largest absolute Gasteiger partial charge is 0.369 e. The molecule has 0 saturated carbocycles. The van der Waals surface area contributed by atoms with E-state index < -0.39 is 0 Å². The number of halogens is 2. The van der Waals surface area contributed by atoms with Crippen molar-refractivity contribution < 1.29 is 9.53 Å². The summed E-state index contributed by atoms with van der Waals surface area (Å²) in [6.45, 7) is 0.476. The Kier molecular flexibility index (Phi) is 5.14. The summed E-state index contributed by atoms with van der Waals surface area (Å²) in [6, 6.07) is 14.6. The summed E-state index contributed by atoms with van der Waals surface area (Å²) >= 11 is 9.12. The van der Waals surface area contributed by atoms with Gasteiger partial charge < -0.3 is 4.74 Å². The van der Waals surface area contributed by atoms with Crippen molar-refractivity contribution >= 4 is 33.3 Å². The summed E-state index contributed by atoms with van der Waals surface area (Å²) in [7, 11) is 0. The topological polar surface area (TPSA) is 26.3 Å². The van der Waals surface area contributed by atoms with Gasteiger partial charge in [0.2, 0.25) is 0 Å². The van der Waals surface area contributed by atoms with E-state index in [1.165, 1.54) is 0 Å². The number of benzene rings is 2. The van der Waals surface area contributed by atoms with E-state index in [4.69, 9.17) is 16.3 Å². The minimum absolute atomic E-state index is 0.0264. The standard InChI is InChI=1S/C15H12BrClO2/c16-13-5-3-12(4-6-13)15(18)10-19-9-11-1-7-14(17)8-2-11/h1-8H,9-10H2. The molecule has 4 heteroatoms. The van der Waals surface area contributed by atoms with Crippen molar-refractivity contribution in [2.45, 2.75) is 6.61 Å². The van der Waals surface area contributed by atoms with Gasteiger partial charge >= 0.3 is 0 Å². The second-order valence-electron chi connectivity index (χ2n) is 4.05. The van der Waals surface area contributed by atoms with Crippen LogP contribution in [0.5, 0.6) is 0 Å². The van der Waals surface area contributed by atoms with Crippen molar-refractivity contribution in [2.24, 2.45) is 0 Å². The van der Waals surface area contributed by atoms with Crippen LogP contribution in [-0.4, -0.2) is 12.4 Å². The molecule has 0 unspecified atom stereocenters. The molecule has 2 nitrogen and oxygen atoms in total. The third kappa shape index (κ3) is 4.46. The van der Waals surface area contributed by atoms with E-state index in [0.29, 0.717) is 17.2 Å². The van der Waals surface area contributed by atoms with E-state index >= 15 is 0 Å². The first-order valence-electron chi connectivity index (χ1n) is 5.76. The predicted octanol–water partition coefficient (Wildman–Crippen LogP) is 4.50. The Morgan fingerprint density at radius 1 is 1.05 bits per heavy atom. The molecular formula is C15H12BrClO2. The van der Waals surface area contributed by atoms with Crippen LogP contribution in [0.1, 0.15) is 15.9 Å². The molecule has 0 aromatic heterocycles. The van der Waals surface area contributed by atoms with Crippen molar-refractivity contribution in [2.75, 3.05) is 6.61 Å². The molecule has 2 aromatic carbocycles. The summed E-state index contributed by atoms with van der Waals surface area (Å²) in [5.74, 6) is -0.0264. The van der Waals surface area contributed by atoms with Crippen molar-refractivity contribution in [3.05, 3.63) is 69.2 Å². The van der Waals surface area contributed by atoms with Gasteiger partial charge in [-0.25, -0.2) is 0 Å². The first kappa shape index (κ1) is 14.3. The van der Waals surface area contributed by atoms with Crippen LogP contribution in [0.15, 0.2) is 53.0 Å². The Bertz CT molecular complexity index is 549. The van der Waals surface area contributed by atoms with Gasteiger partial charge in [0.05, 0.1) is 6.61 Å². The van der Waals surface area contributed by atoms with Gasteiger partial charge in [0.25, 0.3) is 0 Å². The van der Waals surface area contributed by atoms with Crippen LogP contribution < -0.4 is 0 Å². The minimum atomic E-state index is -0.0264. The SMILES string of the molecule is O=C(COCc1ccc(Cl)cc1)c1ccc(Br)cc1. The molecule has 0 N–H and O–H groups in total. The lowest BCUT2D eigenvalue weighted by Crippen LogP contribution is -2.08. The van der Waals surface area contributed by atoms with Gasteiger partial charge in [0.15, 0.2) is 5.78 Å². The highest BCUT2D eigenvalue weighted by Gasteiger charge is 2.05. The molecule has 2 rings (SSSR count). The third-order valence-corrected chi connectivity index (χ3v) is 3.36. The average molecular weight is 340 g/mol. The van der Waals surface area contributed by atoms with E-state index in [1.54, 1.807) is 24.3 Å². The monoisotopic (exact) mass is 338 g/mol. The van der Waals surface area contributed by atoms with Crippen LogP contribution in [0.25, 0.3) is 0 Å². The minimum Gasteiger partial charge on any atom is -0.369 e. The van der Waals surface area contributed by atoms with Crippen LogP contribution in [0.3, 0.4) is 0 Å². The molecule has 0 saturated heterocycles. The van der Waals surface area contributed by atoms with Gasteiger partial charge in [-0.3, -0.25) is 4.79 Å². The Hall–Kier alpha value is -1.16. The molecule has 0 aliphatic carbocycles. The first-order valence-corrected chi connectivity index (χ1v) is 6.93. The Labute approximate surface area is 125 Å². The molecule has 0 bridgehead atoms. The molecular weight excluding hydrogens is 328 g/mol. The van der Waals surface area contributed by atoms with Gasteiger partial charge in [0, 0.05) is 15.1 Å². The molecule has 0 aliphatic rings. The summed E-state index contributed by atoms with van der Waals surface area (Å²) in [6.07, 6.45) is 0.